The first-order valence-electron chi connectivity index (χ1n) is 7.19. The van der Waals surface area contributed by atoms with Crippen LogP contribution in [0.3, 0.4) is 0 Å². The lowest BCUT2D eigenvalue weighted by atomic mass is 10.0. The van der Waals surface area contributed by atoms with Crippen molar-refractivity contribution in [2.75, 3.05) is 6.54 Å². The van der Waals surface area contributed by atoms with Gasteiger partial charge in [-0.1, -0.05) is 36.8 Å². The number of rotatable bonds is 4. The van der Waals surface area contributed by atoms with Crippen molar-refractivity contribution in [1.29, 1.82) is 0 Å². The number of hydrogen-bond acceptors (Lipinski definition) is 2. The molecular weight excluding hydrogens is 220 g/mol. The number of hydrogen-bond donors (Lipinski definition) is 1. The molecule has 0 saturated carbocycles. The fraction of sp³-hybridized carbons (Fsp3) is 0.625. The van der Waals surface area contributed by atoms with Crippen molar-refractivity contribution in [1.82, 2.24) is 4.90 Å². The van der Waals surface area contributed by atoms with Gasteiger partial charge in [0.05, 0.1) is 0 Å². The third-order valence-electron chi connectivity index (χ3n) is 4.34. The molecule has 1 aliphatic heterocycles. The lowest BCUT2D eigenvalue weighted by Gasteiger charge is -2.30. The van der Waals surface area contributed by atoms with Crippen molar-refractivity contribution >= 4 is 0 Å². The average molecular weight is 246 g/mol. The number of nitrogens with zero attached hydrogens (tertiary/aromatic N) is 1. The quantitative estimate of drug-likeness (QED) is 0.883. The van der Waals surface area contributed by atoms with Crippen LogP contribution in [-0.4, -0.2) is 23.5 Å². The van der Waals surface area contributed by atoms with Crippen molar-refractivity contribution in [3.05, 3.63) is 35.4 Å². The van der Waals surface area contributed by atoms with E-state index in [1.165, 1.54) is 30.4 Å². The van der Waals surface area contributed by atoms with E-state index in [1.54, 1.807) is 0 Å². The van der Waals surface area contributed by atoms with Crippen molar-refractivity contribution < 1.29 is 0 Å². The molecule has 1 aromatic carbocycles. The number of nitrogens with two attached hydrogens (primary N) is 1. The van der Waals surface area contributed by atoms with Crippen LogP contribution in [-0.2, 0) is 0 Å². The Morgan fingerprint density at radius 1 is 1.28 bits per heavy atom. The Balaban J connectivity index is 2.02. The molecular formula is C16H26N2. The molecule has 2 rings (SSSR count). The summed E-state index contributed by atoms with van der Waals surface area (Å²) in [6.07, 6.45) is 3.89. The maximum absolute atomic E-state index is 6.36. The van der Waals surface area contributed by atoms with E-state index in [4.69, 9.17) is 5.73 Å². The van der Waals surface area contributed by atoms with Crippen LogP contribution in [0.25, 0.3) is 0 Å². The molecule has 0 radical (unpaired) electrons. The molecule has 18 heavy (non-hydrogen) atoms. The lowest BCUT2D eigenvalue weighted by molar-refractivity contribution is 0.186. The minimum atomic E-state index is 0.139. The first-order valence-corrected chi connectivity index (χ1v) is 7.19. The van der Waals surface area contributed by atoms with Crippen LogP contribution >= 0.6 is 0 Å². The SMILES string of the molecule is CCC1CCC(C)N1CC(N)c1ccc(C)cc1. The topological polar surface area (TPSA) is 29.3 Å². The number of likely N-dealkylation sites (tertiary alicyclic amines) is 1. The predicted molar refractivity (Wildman–Crippen MR) is 77.6 cm³/mol. The Kier molecular flexibility index (Phi) is 4.41. The molecule has 3 atom stereocenters. The zero-order chi connectivity index (χ0) is 13.1. The fourth-order valence-corrected chi connectivity index (χ4v) is 3.04. The van der Waals surface area contributed by atoms with Gasteiger partial charge >= 0.3 is 0 Å². The Bertz CT molecular complexity index is 371. The van der Waals surface area contributed by atoms with Crippen LogP contribution in [0, 0.1) is 6.92 Å². The molecule has 0 amide bonds. The standard InChI is InChI=1S/C16H26N2/c1-4-15-10-7-13(3)18(15)11-16(17)14-8-5-12(2)6-9-14/h5-6,8-9,13,15-16H,4,7,10-11,17H2,1-3H3. The molecule has 3 unspecified atom stereocenters. The van der Waals surface area contributed by atoms with Crippen LogP contribution in [0.5, 0.6) is 0 Å². The maximum Gasteiger partial charge on any atom is 0.0424 e. The molecule has 0 aliphatic carbocycles. The molecule has 1 saturated heterocycles. The number of aryl methyl sites for hydroxylation is 1. The summed E-state index contributed by atoms with van der Waals surface area (Å²) >= 11 is 0. The van der Waals surface area contributed by atoms with E-state index in [0.717, 1.165) is 12.6 Å². The molecule has 100 valence electrons. The molecule has 0 spiro atoms. The van der Waals surface area contributed by atoms with Crippen LogP contribution in [0.2, 0.25) is 0 Å². The van der Waals surface area contributed by atoms with Gasteiger partial charge in [0.1, 0.15) is 0 Å². The summed E-state index contributed by atoms with van der Waals surface area (Å²) in [7, 11) is 0. The van der Waals surface area contributed by atoms with Crippen LogP contribution in [0.1, 0.15) is 50.3 Å². The van der Waals surface area contributed by atoms with E-state index < -0.39 is 0 Å². The summed E-state index contributed by atoms with van der Waals surface area (Å²) in [5, 5.41) is 0. The third-order valence-corrected chi connectivity index (χ3v) is 4.34. The first kappa shape index (κ1) is 13.6. The van der Waals surface area contributed by atoms with Gasteiger partial charge in [0.15, 0.2) is 0 Å². The minimum absolute atomic E-state index is 0.139. The van der Waals surface area contributed by atoms with Gasteiger partial charge in [-0.3, -0.25) is 4.90 Å². The number of benzene rings is 1. The van der Waals surface area contributed by atoms with Gasteiger partial charge in [-0.25, -0.2) is 0 Å². The molecule has 2 N–H and O–H groups in total. The zero-order valence-corrected chi connectivity index (χ0v) is 11.9. The van der Waals surface area contributed by atoms with Crippen molar-refractivity contribution in [2.45, 2.75) is 58.2 Å². The normalized spacial score (nSPS) is 26.4. The van der Waals surface area contributed by atoms with Gasteiger partial charge < -0.3 is 5.73 Å². The van der Waals surface area contributed by atoms with Gasteiger partial charge in [0, 0.05) is 24.7 Å². The summed E-state index contributed by atoms with van der Waals surface area (Å²) in [6.45, 7) is 7.72. The molecule has 1 aromatic rings. The second kappa shape index (κ2) is 5.85. The van der Waals surface area contributed by atoms with E-state index in [1.807, 2.05) is 0 Å². The monoisotopic (exact) mass is 246 g/mol. The molecule has 2 heteroatoms. The van der Waals surface area contributed by atoms with Gasteiger partial charge in [0.2, 0.25) is 0 Å². The van der Waals surface area contributed by atoms with Gasteiger partial charge in [-0.05, 0) is 38.7 Å². The summed E-state index contributed by atoms with van der Waals surface area (Å²) in [4.78, 5) is 2.60. The highest BCUT2D eigenvalue weighted by Crippen LogP contribution is 2.27. The van der Waals surface area contributed by atoms with Crippen molar-refractivity contribution in [3.8, 4) is 0 Å². The average Bonchev–Trinajstić information content (AvgIpc) is 2.71. The first-order chi connectivity index (χ1) is 8.61. The largest absolute Gasteiger partial charge is 0.323 e. The zero-order valence-electron chi connectivity index (χ0n) is 11.9. The fourth-order valence-electron chi connectivity index (χ4n) is 3.04. The van der Waals surface area contributed by atoms with E-state index in [0.29, 0.717) is 6.04 Å². The van der Waals surface area contributed by atoms with Gasteiger partial charge in [-0.2, -0.15) is 0 Å². The van der Waals surface area contributed by atoms with Gasteiger partial charge in [-0.15, -0.1) is 0 Å². The Hall–Kier alpha value is -0.860. The van der Waals surface area contributed by atoms with Crippen molar-refractivity contribution in [2.24, 2.45) is 5.73 Å². The van der Waals surface area contributed by atoms with E-state index in [9.17, 15) is 0 Å². The lowest BCUT2D eigenvalue weighted by Crippen LogP contribution is -2.39. The Labute approximate surface area is 111 Å². The second-order valence-electron chi connectivity index (χ2n) is 5.70. The summed E-state index contributed by atoms with van der Waals surface area (Å²) < 4.78 is 0. The molecule has 2 nitrogen and oxygen atoms in total. The molecule has 1 aliphatic rings. The predicted octanol–water partition coefficient (Wildman–Crippen LogP) is 3.26. The summed E-state index contributed by atoms with van der Waals surface area (Å²) in [5.74, 6) is 0. The molecule has 0 aromatic heterocycles. The third kappa shape index (κ3) is 2.93. The van der Waals surface area contributed by atoms with Crippen molar-refractivity contribution in [3.63, 3.8) is 0 Å². The Morgan fingerprint density at radius 3 is 2.56 bits per heavy atom. The van der Waals surface area contributed by atoms with Crippen LogP contribution in [0.15, 0.2) is 24.3 Å². The molecule has 1 fully saturated rings. The van der Waals surface area contributed by atoms with Crippen LogP contribution < -0.4 is 5.73 Å². The van der Waals surface area contributed by atoms with E-state index >= 15 is 0 Å². The smallest absolute Gasteiger partial charge is 0.0424 e. The summed E-state index contributed by atoms with van der Waals surface area (Å²) in [6, 6.07) is 10.2. The maximum atomic E-state index is 6.36. The summed E-state index contributed by atoms with van der Waals surface area (Å²) in [5.41, 5.74) is 8.92. The van der Waals surface area contributed by atoms with Gasteiger partial charge in [0.25, 0.3) is 0 Å². The molecule has 1 heterocycles. The highest BCUT2D eigenvalue weighted by atomic mass is 15.2. The highest BCUT2D eigenvalue weighted by Gasteiger charge is 2.30. The Morgan fingerprint density at radius 2 is 1.94 bits per heavy atom. The second-order valence-corrected chi connectivity index (χ2v) is 5.70. The van der Waals surface area contributed by atoms with E-state index in [2.05, 4.69) is 49.9 Å². The highest BCUT2D eigenvalue weighted by molar-refractivity contribution is 5.24. The van der Waals surface area contributed by atoms with Crippen LogP contribution in [0.4, 0.5) is 0 Å². The van der Waals surface area contributed by atoms with E-state index in [-0.39, 0.29) is 6.04 Å². The minimum Gasteiger partial charge on any atom is -0.323 e. The molecule has 0 bridgehead atoms.